The van der Waals surface area contributed by atoms with E-state index < -0.39 is 1.83 Å². The molecule has 0 heterocycles. The van der Waals surface area contributed by atoms with Crippen LogP contribution in [0.15, 0.2) is 0 Å². The Hall–Kier alpha value is 2.97. The molecule has 0 rings (SSSR count). The van der Waals surface area contributed by atoms with Gasteiger partial charge in [0.15, 0.2) is 0 Å². The van der Waals surface area contributed by atoms with Crippen LogP contribution in [0.2, 0.25) is 0 Å². The first kappa shape index (κ1) is 7.97. The standard InChI is InChI=1S/AsI3S/c2-1(3,4)5. The van der Waals surface area contributed by atoms with E-state index in [1.165, 1.54) is 0 Å². The fourth-order valence-corrected chi connectivity index (χ4v) is 0. The number of rotatable bonds is 0. The Labute approximate surface area is 70.7 Å². The Bertz CT molecular complexity index is 53.0. The van der Waals surface area contributed by atoms with Gasteiger partial charge in [0.2, 0.25) is 0 Å². The van der Waals surface area contributed by atoms with Crippen LogP contribution in [-0.4, -0.2) is 1.83 Å². The molecule has 0 amide bonds. The maximum absolute atomic E-state index is 4.96. The Balaban J connectivity index is 3.47. The van der Waals surface area contributed by atoms with Crippen molar-refractivity contribution >= 4 is 72.6 Å². The van der Waals surface area contributed by atoms with Gasteiger partial charge in [0.05, 0.1) is 0 Å². The summed E-state index contributed by atoms with van der Waals surface area (Å²) in [4.78, 5) is 0. The van der Waals surface area contributed by atoms with E-state index in [1.54, 1.807) is 0 Å². The molecule has 5 heteroatoms. The van der Waals surface area contributed by atoms with E-state index in [2.05, 4.69) is 60.4 Å². The predicted octanol–water partition coefficient (Wildman–Crippen LogP) is 2.92. The molecule has 5 heavy (non-hydrogen) atoms. The summed E-state index contributed by atoms with van der Waals surface area (Å²) in [5.74, 6) is 0. The topological polar surface area (TPSA) is 0 Å². The van der Waals surface area contributed by atoms with Gasteiger partial charge >= 0.3 is 72.6 Å². The molecule has 0 fully saturated rings. The van der Waals surface area contributed by atoms with Crippen molar-refractivity contribution in [3.05, 3.63) is 0 Å². The quantitative estimate of drug-likeness (QED) is 0.374. The average molecular weight is 488 g/mol. The second-order valence-corrected chi connectivity index (χ2v) is 66.5. The molecule has 0 N–H and O–H groups in total. The molecule has 0 aliphatic heterocycles. The minimum atomic E-state index is -1.38. The fraction of sp³-hybridized carbons (Fsp3) is 0. The third-order valence-corrected chi connectivity index (χ3v) is 0. The maximum atomic E-state index is 4.96. The van der Waals surface area contributed by atoms with Gasteiger partial charge in [-0.3, -0.25) is 0 Å². The van der Waals surface area contributed by atoms with Gasteiger partial charge in [0.1, 0.15) is 0 Å². The summed E-state index contributed by atoms with van der Waals surface area (Å²) >= 11 is 7.01. The van der Waals surface area contributed by atoms with E-state index in [9.17, 15) is 0 Å². The van der Waals surface area contributed by atoms with Crippen LogP contribution < -0.4 is 0 Å². The van der Waals surface area contributed by atoms with E-state index in [-0.39, 0.29) is 0 Å². The van der Waals surface area contributed by atoms with Crippen LogP contribution in [-0.2, 0) is 0 Å². The van der Waals surface area contributed by atoms with Gasteiger partial charge < -0.3 is 0 Å². The summed E-state index contributed by atoms with van der Waals surface area (Å²) in [7, 11) is 4.96. The van der Waals surface area contributed by atoms with Crippen molar-refractivity contribution in [2.24, 2.45) is 0 Å². The Morgan fingerprint density at radius 2 is 1.20 bits per heavy atom. The third-order valence-electron chi connectivity index (χ3n) is 0. The van der Waals surface area contributed by atoms with Crippen molar-refractivity contribution in [3.63, 3.8) is 0 Å². The Kier molecular flexibility index (Phi) is 4.92. The van der Waals surface area contributed by atoms with E-state index in [1.807, 2.05) is 0 Å². The molecule has 0 aliphatic carbocycles. The molecule has 0 saturated carbocycles. The number of halogens is 3. The normalized spacial score (nSPS) is 11.8. The van der Waals surface area contributed by atoms with Gasteiger partial charge in [-0.25, -0.2) is 0 Å². The molecule has 0 aromatic heterocycles. The van der Waals surface area contributed by atoms with Gasteiger partial charge in [0, 0.05) is 0 Å². The summed E-state index contributed by atoms with van der Waals surface area (Å²) in [5, 5.41) is 0. The molecule has 0 unspecified atom stereocenters. The Morgan fingerprint density at radius 3 is 1.20 bits per heavy atom. The molecule has 0 saturated heterocycles. The third kappa shape index (κ3) is 19.5. The van der Waals surface area contributed by atoms with Crippen molar-refractivity contribution in [1.29, 1.82) is 0 Å². The van der Waals surface area contributed by atoms with Gasteiger partial charge in [-0.2, -0.15) is 0 Å². The van der Waals surface area contributed by atoms with Crippen molar-refractivity contribution in [3.8, 4) is 0 Å². The van der Waals surface area contributed by atoms with Crippen LogP contribution in [0, 0.1) is 0 Å². The molecule has 0 aromatic rings. The second kappa shape index (κ2) is 3.09. The van der Waals surface area contributed by atoms with Gasteiger partial charge in [-0.15, -0.1) is 0 Å². The molecular weight excluding hydrogens is 488 g/mol. The summed E-state index contributed by atoms with van der Waals surface area (Å²) in [6, 6.07) is 0. The molecule has 0 aromatic carbocycles. The van der Waals surface area contributed by atoms with Crippen molar-refractivity contribution in [2.75, 3.05) is 0 Å². The first-order chi connectivity index (χ1) is 2.00. The zero-order valence-corrected chi connectivity index (χ0v) is 11.2. The van der Waals surface area contributed by atoms with E-state index in [4.69, 9.17) is 10.4 Å². The monoisotopic (exact) mass is 488 g/mol. The minimum absolute atomic E-state index is 1.38. The van der Waals surface area contributed by atoms with E-state index in [0.29, 0.717) is 0 Å². The summed E-state index contributed by atoms with van der Waals surface area (Å²) < 4.78 is -1.38. The SMILES string of the molecule is S=[As](I)(I)I. The van der Waals surface area contributed by atoms with Crippen LogP contribution in [0.3, 0.4) is 0 Å². The van der Waals surface area contributed by atoms with Crippen LogP contribution in [0.25, 0.3) is 0 Å². The van der Waals surface area contributed by atoms with Crippen LogP contribution in [0.1, 0.15) is 0 Å². The first-order valence-corrected chi connectivity index (χ1v) is 20.5. The van der Waals surface area contributed by atoms with Crippen molar-refractivity contribution in [1.82, 2.24) is 0 Å². The van der Waals surface area contributed by atoms with Crippen LogP contribution >= 0.6 is 70.8 Å². The summed E-state index contributed by atoms with van der Waals surface area (Å²) in [6.07, 6.45) is 0. The molecular formula is AsI3S. The molecule has 0 bridgehead atoms. The number of hydrogen-bond acceptors (Lipinski definition) is 1. The molecule has 0 radical (unpaired) electrons. The zero-order valence-electron chi connectivity index (χ0n) is 1.99. The Morgan fingerprint density at radius 1 is 1.20 bits per heavy atom. The van der Waals surface area contributed by atoms with Gasteiger partial charge in [-0.05, 0) is 0 Å². The van der Waals surface area contributed by atoms with E-state index in [0.717, 1.165) is 0 Å². The summed E-state index contributed by atoms with van der Waals surface area (Å²) in [6.45, 7) is 0. The van der Waals surface area contributed by atoms with Gasteiger partial charge in [-0.1, -0.05) is 0 Å². The van der Waals surface area contributed by atoms with Crippen molar-refractivity contribution in [2.45, 2.75) is 0 Å². The average Bonchev–Trinajstić information content (AvgIpc) is 0.722. The fourth-order valence-electron chi connectivity index (χ4n) is 0. The molecule has 32 valence electrons. The molecule has 0 spiro atoms. The summed E-state index contributed by atoms with van der Waals surface area (Å²) in [5.41, 5.74) is 0. The van der Waals surface area contributed by atoms with Crippen LogP contribution in [0.4, 0.5) is 0 Å². The van der Waals surface area contributed by atoms with Crippen molar-refractivity contribution < 1.29 is 0 Å². The first-order valence-electron chi connectivity index (χ1n) is 0.690. The second-order valence-electron chi connectivity index (χ2n) is 0.399. The predicted molar refractivity (Wildman–Crippen MR) is 55.4 cm³/mol. The molecule has 0 atom stereocenters. The van der Waals surface area contributed by atoms with E-state index >= 15 is 0 Å². The molecule has 0 aliphatic rings. The van der Waals surface area contributed by atoms with Gasteiger partial charge in [0.25, 0.3) is 0 Å². The van der Waals surface area contributed by atoms with Crippen LogP contribution in [0.5, 0.6) is 0 Å². The molecule has 0 nitrogen and oxygen atoms in total. The number of hydrogen-bond donors (Lipinski definition) is 0. The zero-order chi connectivity index (χ0) is 4.50.